The first-order chi connectivity index (χ1) is 3.46. The van der Waals surface area contributed by atoms with E-state index in [1.807, 2.05) is 0 Å². The number of hydrogen-bond acceptors (Lipinski definition) is 5. The van der Waals surface area contributed by atoms with Crippen molar-refractivity contribution < 1.29 is 32.1 Å². The summed E-state index contributed by atoms with van der Waals surface area (Å²) in [6.07, 6.45) is 0. The van der Waals surface area contributed by atoms with Crippen molar-refractivity contribution >= 4 is 5.97 Å². The summed E-state index contributed by atoms with van der Waals surface area (Å²) in [5.74, 6) is -1.08. The predicted molar refractivity (Wildman–Crippen MR) is 21.0 cm³/mol. The van der Waals surface area contributed by atoms with Gasteiger partial charge in [0.15, 0.2) is 0 Å². The van der Waals surface area contributed by atoms with Crippen molar-refractivity contribution in [3.8, 4) is 0 Å². The predicted octanol–water partition coefficient (Wildman–Crippen LogP) is -1.49. The number of nitrogens with zero attached hydrogens (tertiary/aromatic N) is 1. The van der Waals surface area contributed by atoms with Crippen molar-refractivity contribution in [2.24, 2.45) is 0 Å². The van der Waals surface area contributed by atoms with Crippen LogP contribution in [0.5, 0.6) is 0 Å². The average Bonchev–Trinajstić information content (AvgIpc) is 1.25. The molecule has 0 rings (SSSR count). The van der Waals surface area contributed by atoms with Crippen LogP contribution < -0.4 is 5.11 Å². The molecule has 0 aliphatic heterocycles. The fourth-order valence-electron chi connectivity index (χ4n) is 0. The van der Waals surface area contributed by atoms with Gasteiger partial charge in [0.05, 0.1) is 5.09 Å². The minimum Gasteiger partial charge on any atom is -0.550 e. The van der Waals surface area contributed by atoms with E-state index in [1.54, 1.807) is 0 Å². The fourth-order valence-corrected chi connectivity index (χ4v) is 0. The number of carboxylic acid groups (broad SMARTS) is 1. The standard InChI is InChI=1S/C2H4O2.Fe.NO3/c1-2(3)4;;2-1(3)4/h1H3,(H,3,4);;/q;+2;-1/p-1. The largest absolute Gasteiger partial charge is 2.00 e. The summed E-state index contributed by atoms with van der Waals surface area (Å²) in [5, 5.41) is 23.6. The summed E-state index contributed by atoms with van der Waals surface area (Å²) in [4.78, 5) is 17.1. The van der Waals surface area contributed by atoms with Gasteiger partial charge in [0.2, 0.25) is 0 Å². The molecule has 6 nitrogen and oxygen atoms in total. The minimum atomic E-state index is -1.75. The molecule has 0 N–H and O–H groups in total. The van der Waals surface area contributed by atoms with Crippen molar-refractivity contribution in [1.29, 1.82) is 0 Å². The Balaban J connectivity index is -0.0000000720. The molecule has 0 radical (unpaired) electrons. The van der Waals surface area contributed by atoms with E-state index in [0.29, 0.717) is 0 Å². The Morgan fingerprint density at radius 1 is 1.44 bits per heavy atom. The van der Waals surface area contributed by atoms with E-state index in [4.69, 9.17) is 25.2 Å². The maximum absolute atomic E-state index is 8.89. The van der Waals surface area contributed by atoms with Gasteiger partial charge in [-0.15, -0.1) is 0 Å². The van der Waals surface area contributed by atoms with Gasteiger partial charge in [-0.1, -0.05) is 0 Å². The molecule has 0 amide bonds. The third kappa shape index (κ3) is 295. The van der Waals surface area contributed by atoms with Gasteiger partial charge >= 0.3 is 17.1 Å². The Morgan fingerprint density at radius 2 is 1.44 bits per heavy atom. The molecular weight excluding hydrogens is 174 g/mol. The van der Waals surface area contributed by atoms with Crippen molar-refractivity contribution in [3.63, 3.8) is 0 Å². The molecule has 0 fully saturated rings. The zero-order valence-electron chi connectivity index (χ0n) is 4.34. The van der Waals surface area contributed by atoms with E-state index in [1.165, 1.54) is 0 Å². The molecule has 0 aliphatic rings. The molecule has 0 saturated carbocycles. The fraction of sp³-hybridized carbons (Fsp3) is 0.500. The van der Waals surface area contributed by atoms with E-state index in [0.717, 1.165) is 6.92 Å². The van der Waals surface area contributed by atoms with Gasteiger partial charge in [-0.2, -0.15) is 0 Å². The summed E-state index contributed by atoms with van der Waals surface area (Å²) >= 11 is 0. The summed E-state index contributed by atoms with van der Waals surface area (Å²) in [5.41, 5.74) is 0. The van der Waals surface area contributed by atoms with Crippen LogP contribution in [0.4, 0.5) is 0 Å². The maximum atomic E-state index is 8.89. The number of carboxylic acids is 1. The van der Waals surface area contributed by atoms with Gasteiger partial charge < -0.3 is 25.2 Å². The van der Waals surface area contributed by atoms with E-state index in [-0.39, 0.29) is 17.1 Å². The molecule has 0 atom stereocenters. The molecule has 0 spiro atoms. The molecule has 0 aromatic carbocycles. The molecule has 0 bridgehead atoms. The molecule has 0 saturated heterocycles. The first-order valence-electron chi connectivity index (χ1n) is 1.46. The van der Waals surface area contributed by atoms with Gasteiger partial charge in [-0.3, -0.25) is 0 Å². The molecule has 0 aliphatic carbocycles. The second kappa shape index (κ2) is 10.2. The Bertz CT molecular complexity index is 73.0. The minimum absolute atomic E-state index is 0. The summed E-state index contributed by atoms with van der Waals surface area (Å²) in [7, 11) is 0. The number of aliphatic carboxylic acids is 1. The second-order valence-corrected chi connectivity index (χ2v) is 0.715. The topological polar surface area (TPSA) is 106 Å². The number of carbonyl (C=O) groups excluding carboxylic acids is 1. The van der Waals surface area contributed by atoms with Gasteiger partial charge in [0.1, 0.15) is 0 Å². The zero-order chi connectivity index (χ0) is 7.15. The molecule has 0 aromatic heterocycles. The molecule has 54 valence electrons. The molecule has 0 heterocycles. The van der Waals surface area contributed by atoms with E-state index in [2.05, 4.69) is 0 Å². The van der Waals surface area contributed by atoms with Crippen molar-refractivity contribution in [3.05, 3.63) is 15.3 Å². The molecule has 0 unspecified atom stereocenters. The first kappa shape index (κ1) is 15.7. The quantitative estimate of drug-likeness (QED) is 0.254. The van der Waals surface area contributed by atoms with Crippen LogP contribution in [0.25, 0.3) is 0 Å². The monoisotopic (exact) mass is 177 g/mol. The Morgan fingerprint density at radius 3 is 1.44 bits per heavy atom. The van der Waals surface area contributed by atoms with Crippen LogP contribution in [0, 0.1) is 15.3 Å². The van der Waals surface area contributed by atoms with Gasteiger partial charge in [0.25, 0.3) is 0 Å². The van der Waals surface area contributed by atoms with E-state index >= 15 is 0 Å². The van der Waals surface area contributed by atoms with Crippen LogP contribution >= 0.6 is 0 Å². The third-order valence-corrected chi connectivity index (χ3v) is 0. The zero-order valence-corrected chi connectivity index (χ0v) is 5.45. The first-order valence-corrected chi connectivity index (χ1v) is 1.46. The van der Waals surface area contributed by atoms with Gasteiger partial charge in [-0.25, -0.2) is 0 Å². The second-order valence-electron chi connectivity index (χ2n) is 0.715. The molecular formula is C2H3FeNO5. The van der Waals surface area contributed by atoms with E-state index in [9.17, 15) is 0 Å². The molecule has 7 heteroatoms. The SMILES string of the molecule is CC(=O)[O-].O=[N+]([O-])[O-].[Fe+2]. The number of carbonyl (C=O) groups is 1. The summed E-state index contributed by atoms with van der Waals surface area (Å²) in [6, 6.07) is 0. The van der Waals surface area contributed by atoms with Crippen molar-refractivity contribution in [2.75, 3.05) is 0 Å². The number of rotatable bonds is 0. The third-order valence-electron chi connectivity index (χ3n) is 0. The van der Waals surface area contributed by atoms with Crippen molar-refractivity contribution in [1.82, 2.24) is 0 Å². The molecule has 9 heavy (non-hydrogen) atoms. The normalized spacial score (nSPS) is 5.44. The van der Waals surface area contributed by atoms with Gasteiger partial charge in [-0.05, 0) is 6.92 Å². The van der Waals surface area contributed by atoms with E-state index < -0.39 is 11.1 Å². The van der Waals surface area contributed by atoms with Crippen LogP contribution in [0.3, 0.4) is 0 Å². The van der Waals surface area contributed by atoms with Gasteiger partial charge in [0, 0.05) is 5.97 Å². The number of hydrogen-bond donors (Lipinski definition) is 0. The smallest absolute Gasteiger partial charge is 0.550 e. The van der Waals surface area contributed by atoms with Crippen LogP contribution in [-0.4, -0.2) is 11.1 Å². The van der Waals surface area contributed by atoms with Crippen LogP contribution in [0.2, 0.25) is 0 Å². The van der Waals surface area contributed by atoms with Crippen molar-refractivity contribution in [2.45, 2.75) is 6.92 Å². The molecule has 0 aromatic rings. The van der Waals surface area contributed by atoms with Crippen LogP contribution in [-0.2, 0) is 21.9 Å². The average molecular weight is 177 g/mol. The summed E-state index contributed by atoms with van der Waals surface area (Å²) in [6.45, 7) is 0.972. The maximum Gasteiger partial charge on any atom is 2.00 e. The Hall–Kier alpha value is -0.811. The van der Waals surface area contributed by atoms with Crippen LogP contribution in [0.15, 0.2) is 0 Å². The van der Waals surface area contributed by atoms with Crippen LogP contribution in [0.1, 0.15) is 6.92 Å². The Kier molecular flexibility index (Phi) is 17.9. The Labute approximate surface area is 61.1 Å². The summed E-state index contributed by atoms with van der Waals surface area (Å²) < 4.78 is 0.